The van der Waals surface area contributed by atoms with E-state index in [1.54, 1.807) is 0 Å². The van der Waals surface area contributed by atoms with Crippen LogP contribution in [0.2, 0.25) is 0 Å². The number of benzene rings is 1. The molecule has 0 radical (unpaired) electrons. The number of nitrogens with two attached hydrogens (primary N) is 1. The van der Waals surface area contributed by atoms with Crippen molar-refractivity contribution >= 4 is 25.9 Å². The van der Waals surface area contributed by atoms with Gasteiger partial charge in [-0.15, -0.1) is 5.11 Å². The molecule has 1 aromatic rings. The third-order valence-corrected chi connectivity index (χ3v) is 4.11. The van der Waals surface area contributed by atoms with Crippen LogP contribution in [0.1, 0.15) is 5.56 Å². The molecular formula is C7H9N3O6S2. The summed E-state index contributed by atoms with van der Waals surface area (Å²) < 4.78 is 62.3. The monoisotopic (exact) mass is 295 g/mol. The minimum Gasteiger partial charge on any atom is -0.305 e. The molecule has 0 saturated carbocycles. The lowest BCUT2D eigenvalue weighted by molar-refractivity contribution is 0.466. The van der Waals surface area contributed by atoms with Crippen LogP contribution in [0.3, 0.4) is 0 Å². The highest BCUT2D eigenvalue weighted by atomic mass is 32.2. The Kier molecular flexibility index (Phi) is 3.71. The molecule has 0 aliphatic rings. The third kappa shape index (κ3) is 2.81. The number of hydrogen-bond acceptors (Lipinski definition) is 6. The quantitative estimate of drug-likeness (QED) is 0.315. The molecule has 4 N–H and O–H groups in total. The first-order valence-corrected chi connectivity index (χ1v) is 7.16. The zero-order chi connectivity index (χ0) is 14.1. The number of hydrogen-bond donors (Lipinski definition) is 3. The molecule has 0 aromatic heterocycles. The normalized spacial score (nSPS) is 13.1. The Hall–Kier alpha value is -1.56. The Morgan fingerprint density at radius 2 is 1.67 bits per heavy atom. The number of rotatable bonds is 3. The molecule has 0 amide bonds. The van der Waals surface area contributed by atoms with Gasteiger partial charge in [-0.05, 0) is 24.6 Å². The van der Waals surface area contributed by atoms with Crippen molar-refractivity contribution in [2.24, 2.45) is 16.2 Å². The van der Waals surface area contributed by atoms with Crippen molar-refractivity contribution in [3.8, 4) is 0 Å². The molecule has 0 saturated heterocycles. The van der Waals surface area contributed by atoms with Gasteiger partial charge in [0, 0.05) is 0 Å². The van der Waals surface area contributed by atoms with Crippen LogP contribution in [0.5, 0.6) is 0 Å². The van der Waals surface area contributed by atoms with E-state index in [2.05, 4.69) is 10.3 Å². The highest BCUT2D eigenvalue weighted by Crippen LogP contribution is 2.31. The highest BCUT2D eigenvalue weighted by molar-refractivity contribution is 7.89. The van der Waals surface area contributed by atoms with Crippen LogP contribution in [0.25, 0.3) is 0 Å². The maximum absolute atomic E-state index is 11.2. The van der Waals surface area contributed by atoms with Crippen LogP contribution in [0.15, 0.2) is 32.3 Å². The topological polar surface area (TPSA) is 159 Å². The summed E-state index contributed by atoms with van der Waals surface area (Å²) in [5.74, 6) is 4.79. The molecule has 1 rings (SSSR count). The summed E-state index contributed by atoms with van der Waals surface area (Å²) in [6.45, 7) is 1.18. The fourth-order valence-electron chi connectivity index (χ4n) is 1.35. The summed E-state index contributed by atoms with van der Waals surface area (Å²) in [5.41, 5.74) is -0.264. The average Bonchev–Trinajstić information content (AvgIpc) is 2.17. The summed E-state index contributed by atoms with van der Waals surface area (Å²) in [6, 6.07) is 1.86. The van der Waals surface area contributed by atoms with Crippen LogP contribution in [-0.2, 0) is 20.2 Å². The lowest BCUT2D eigenvalue weighted by atomic mass is 10.2. The smallest absolute Gasteiger partial charge is 0.296 e. The van der Waals surface area contributed by atoms with E-state index in [1.807, 2.05) is 0 Å². The van der Waals surface area contributed by atoms with Crippen LogP contribution in [0.4, 0.5) is 5.69 Å². The summed E-state index contributed by atoms with van der Waals surface area (Å²) in [5, 5.41) is 6.27. The standard InChI is InChI=1S/C7H9N3O6S2/c1-4-5(9-10-8)2-3-6(17(11,12)13)7(4)18(14,15)16/h2-3H,1H3,(H2,8,9)(H,11,12,13)(H,14,15,16). The molecule has 9 nitrogen and oxygen atoms in total. The van der Waals surface area contributed by atoms with E-state index in [1.165, 1.54) is 6.92 Å². The summed E-state index contributed by atoms with van der Waals surface area (Å²) in [4.78, 5) is -1.91. The maximum atomic E-state index is 11.2. The van der Waals surface area contributed by atoms with Gasteiger partial charge in [0.2, 0.25) is 0 Å². The van der Waals surface area contributed by atoms with Gasteiger partial charge in [0.05, 0.1) is 5.69 Å². The average molecular weight is 295 g/mol. The Balaban J connectivity index is 3.86. The van der Waals surface area contributed by atoms with Gasteiger partial charge in [0.15, 0.2) is 0 Å². The molecule has 18 heavy (non-hydrogen) atoms. The predicted molar refractivity (Wildman–Crippen MR) is 59.5 cm³/mol. The fraction of sp³-hybridized carbons (Fsp3) is 0.143. The maximum Gasteiger partial charge on any atom is 0.296 e. The van der Waals surface area contributed by atoms with E-state index >= 15 is 0 Å². The van der Waals surface area contributed by atoms with Gasteiger partial charge >= 0.3 is 0 Å². The molecule has 0 spiro atoms. The molecule has 1 aromatic carbocycles. The van der Waals surface area contributed by atoms with E-state index in [4.69, 9.17) is 14.9 Å². The highest BCUT2D eigenvalue weighted by Gasteiger charge is 2.27. The van der Waals surface area contributed by atoms with Crippen LogP contribution < -0.4 is 5.84 Å². The van der Waals surface area contributed by atoms with Gasteiger partial charge in [-0.3, -0.25) is 9.11 Å². The minimum absolute atomic E-state index is 0.0578. The van der Waals surface area contributed by atoms with Crippen molar-refractivity contribution in [3.63, 3.8) is 0 Å². The second-order valence-electron chi connectivity index (χ2n) is 3.20. The van der Waals surface area contributed by atoms with Gasteiger partial charge < -0.3 is 5.84 Å². The fourth-order valence-corrected chi connectivity index (χ4v) is 3.42. The molecule has 0 bridgehead atoms. The third-order valence-electron chi connectivity index (χ3n) is 2.04. The van der Waals surface area contributed by atoms with Gasteiger partial charge in [0.25, 0.3) is 20.2 Å². The van der Waals surface area contributed by atoms with Crippen molar-refractivity contribution < 1.29 is 25.9 Å². The zero-order valence-electron chi connectivity index (χ0n) is 8.97. The minimum atomic E-state index is -4.87. The lowest BCUT2D eigenvalue weighted by Gasteiger charge is -2.09. The first-order chi connectivity index (χ1) is 8.09. The van der Waals surface area contributed by atoms with Crippen LogP contribution >= 0.6 is 0 Å². The first-order valence-electron chi connectivity index (χ1n) is 4.28. The number of nitrogens with zero attached hydrogens (tertiary/aromatic N) is 2. The lowest BCUT2D eigenvalue weighted by Crippen LogP contribution is -2.10. The molecule has 0 atom stereocenters. The van der Waals surface area contributed by atoms with Crippen molar-refractivity contribution in [1.82, 2.24) is 0 Å². The van der Waals surface area contributed by atoms with Crippen molar-refractivity contribution in [2.75, 3.05) is 0 Å². The van der Waals surface area contributed by atoms with E-state index in [0.717, 1.165) is 12.1 Å². The summed E-state index contributed by atoms with van der Waals surface area (Å²) >= 11 is 0. The molecule has 100 valence electrons. The molecule has 0 aliphatic carbocycles. The van der Waals surface area contributed by atoms with E-state index in [9.17, 15) is 16.8 Å². The van der Waals surface area contributed by atoms with E-state index in [0.29, 0.717) is 0 Å². The van der Waals surface area contributed by atoms with Gasteiger partial charge in [-0.25, -0.2) is 0 Å². The van der Waals surface area contributed by atoms with E-state index in [-0.39, 0.29) is 11.3 Å². The molecule has 0 aliphatic heterocycles. The van der Waals surface area contributed by atoms with Crippen molar-refractivity contribution in [1.29, 1.82) is 0 Å². The molecule has 11 heteroatoms. The van der Waals surface area contributed by atoms with Crippen LogP contribution in [-0.4, -0.2) is 25.9 Å². The van der Waals surface area contributed by atoms with Crippen LogP contribution in [0, 0.1) is 6.92 Å². The predicted octanol–water partition coefficient (Wildman–Crippen LogP) is 0.446. The molecule has 0 heterocycles. The van der Waals surface area contributed by atoms with Gasteiger partial charge in [-0.2, -0.15) is 16.8 Å². The Morgan fingerprint density at radius 1 is 1.11 bits per heavy atom. The van der Waals surface area contributed by atoms with E-state index < -0.39 is 30.0 Å². The summed E-state index contributed by atoms with van der Waals surface area (Å²) in [6.07, 6.45) is 0. The molecule has 0 fully saturated rings. The van der Waals surface area contributed by atoms with Gasteiger partial charge in [-0.1, -0.05) is 5.22 Å². The first kappa shape index (κ1) is 14.5. The molecule has 0 unspecified atom stereocenters. The SMILES string of the molecule is Cc1c(N=NN)ccc(S(=O)(=O)O)c1S(=O)(=O)O. The summed E-state index contributed by atoms with van der Waals surface area (Å²) in [7, 11) is -9.68. The van der Waals surface area contributed by atoms with Crippen molar-refractivity contribution in [3.05, 3.63) is 17.7 Å². The van der Waals surface area contributed by atoms with Gasteiger partial charge in [0.1, 0.15) is 9.79 Å². The Labute approximate surface area is 103 Å². The second-order valence-corrected chi connectivity index (χ2v) is 5.95. The second kappa shape index (κ2) is 4.61. The Morgan fingerprint density at radius 3 is 2.06 bits per heavy atom. The largest absolute Gasteiger partial charge is 0.305 e. The molecular weight excluding hydrogens is 286 g/mol. The Bertz CT molecular complexity index is 707. The van der Waals surface area contributed by atoms with Crippen molar-refractivity contribution in [2.45, 2.75) is 16.7 Å². The zero-order valence-corrected chi connectivity index (χ0v) is 10.6.